The lowest BCUT2D eigenvalue weighted by molar-refractivity contribution is 0.0523. The number of methoxy groups -OCH3 is 1. The Morgan fingerprint density at radius 1 is 1.38 bits per heavy atom. The van der Waals surface area contributed by atoms with E-state index in [0.717, 1.165) is 11.3 Å². The van der Waals surface area contributed by atoms with Gasteiger partial charge in [0.1, 0.15) is 17.0 Å². The molecule has 1 amide bonds. The maximum absolute atomic E-state index is 11.7. The second-order valence-electron chi connectivity index (χ2n) is 5.74. The average molecular weight is 467 g/mol. The van der Waals surface area contributed by atoms with Crippen LogP contribution in [0.4, 0.5) is 10.5 Å². The van der Waals surface area contributed by atoms with E-state index >= 15 is 0 Å². The number of aliphatic imine (C=N–C) groups is 1. The number of carbonyl (C=O) groups excluding carboxylic acids is 1. The van der Waals surface area contributed by atoms with Crippen molar-refractivity contribution in [3.63, 3.8) is 0 Å². The number of rotatable bonds is 5. The number of benzene rings is 1. The predicted molar refractivity (Wildman–Crippen MR) is 111 cm³/mol. The fourth-order valence-corrected chi connectivity index (χ4v) is 2.18. The number of hydrogen-bond acceptors (Lipinski definition) is 5. The fraction of sp³-hybridized carbons (Fsp3) is 0.500. The zero-order chi connectivity index (χ0) is 17.5. The number of hydrogen-bond donors (Lipinski definition) is 2. The minimum atomic E-state index is -0.523. The normalized spacial score (nSPS) is 11.5. The monoisotopic (exact) mass is 467 g/mol. The van der Waals surface area contributed by atoms with E-state index in [9.17, 15) is 4.79 Å². The van der Waals surface area contributed by atoms with E-state index in [1.165, 1.54) is 11.8 Å². The van der Waals surface area contributed by atoms with Crippen LogP contribution in [0.1, 0.15) is 33.3 Å². The number of ether oxygens (including phenoxy) is 2. The van der Waals surface area contributed by atoms with Gasteiger partial charge in [0, 0.05) is 6.54 Å². The maximum atomic E-state index is 11.7. The number of nitrogens with one attached hydrogen (secondary N) is 1. The standard InChI is InChI=1S/C16H25N3O3S.HI/c1-6-23-14(17)19-12-9-11(7-8-13(12)21-5)10-18-15(20)22-16(2,3)4;/h7-9H,6,10H2,1-5H3,(H2,17,19)(H,18,20);1H. The van der Waals surface area contributed by atoms with Crippen LogP contribution >= 0.6 is 35.7 Å². The van der Waals surface area contributed by atoms with Crippen LogP contribution in [0.25, 0.3) is 0 Å². The van der Waals surface area contributed by atoms with Crippen molar-refractivity contribution < 1.29 is 14.3 Å². The van der Waals surface area contributed by atoms with Crippen molar-refractivity contribution >= 4 is 52.7 Å². The summed E-state index contributed by atoms with van der Waals surface area (Å²) in [4.78, 5) is 16.0. The van der Waals surface area contributed by atoms with Gasteiger partial charge in [0.05, 0.1) is 7.11 Å². The first-order valence-electron chi connectivity index (χ1n) is 7.36. The van der Waals surface area contributed by atoms with Gasteiger partial charge in [0.15, 0.2) is 5.17 Å². The van der Waals surface area contributed by atoms with E-state index < -0.39 is 11.7 Å². The molecule has 1 aromatic carbocycles. The topological polar surface area (TPSA) is 85.9 Å². The Morgan fingerprint density at radius 3 is 2.58 bits per heavy atom. The minimum Gasteiger partial charge on any atom is -0.494 e. The lowest BCUT2D eigenvalue weighted by atomic mass is 10.2. The van der Waals surface area contributed by atoms with Crippen LogP contribution in [0.15, 0.2) is 23.2 Å². The van der Waals surface area contributed by atoms with Crippen molar-refractivity contribution in [2.75, 3.05) is 12.9 Å². The third kappa shape index (κ3) is 8.62. The van der Waals surface area contributed by atoms with Gasteiger partial charge in [-0.25, -0.2) is 9.79 Å². The summed E-state index contributed by atoms with van der Waals surface area (Å²) in [5.41, 5.74) is 6.84. The molecule has 0 bridgehead atoms. The van der Waals surface area contributed by atoms with Crippen LogP contribution < -0.4 is 15.8 Å². The lowest BCUT2D eigenvalue weighted by Crippen LogP contribution is -2.32. The average Bonchev–Trinajstić information content (AvgIpc) is 2.44. The molecule has 1 aromatic rings. The van der Waals surface area contributed by atoms with E-state index in [1.54, 1.807) is 13.2 Å². The number of thioether (sulfide) groups is 1. The quantitative estimate of drug-likeness (QED) is 0.388. The molecule has 0 saturated carbocycles. The molecule has 0 aliphatic heterocycles. The summed E-state index contributed by atoms with van der Waals surface area (Å²) in [7, 11) is 1.58. The van der Waals surface area contributed by atoms with E-state index in [0.29, 0.717) is 23.1 Å². The summed E-state index contributed by atoms with van der Waals surface area (Å²) in [6.45, 7) is 7.80. The number of amides is 1. The lowest BCUT2D eigenvalue weighted by Gasteiger charge is -2.19. The molecule has 1 rings (SSSR count). The van der Waals surface area contributed by atoms with Crippen LogP contribution in [0.3, 0.4) is 0 Å². The zero-order valence-corrected chi connectivity index (χ0v) is 17.9. The highest BCUT2D eigenvalue weighted by molar-refractivity contribution is 14.0. The smallest absolute Gasteiger partial charge is 0.407 e. The van der Waals surface area contributed by atoms with Crippen molar-refractivity contribution in [1.29, 1.82) is 0 Å². The number of carbonyl (C=O) groups is 1. The Labute approximate surface area is 165 Å². The van der Waals surface area contributed by atoms with Gasteiger partial charge in [0.2, 0.25) is 0 Å². The largest absolute Gasteiger partial charge is 0.494 e. The Morgan fingerprint density at radius 2 is 2.04 bits per heavy atom. The Bertz CT molecular complexity index is 574. The van der Waals surface area contributed by atoms with Crippen LogP contribution in [0.5, 0.6) is 5.75 Å². The molecule has 0 atom stereocenters. The van der Waals surface area contributed by atoms with Gasteiger partial charge >= 0.3 is 6.09 Å². The van der Waals surface area contributed by atoms with Gasteiger partial charge in [-0.15, -0.1) is 24.0 Å². The van der Waals surface area contributed by atoms with Gasteiger partial charge in [-0.05, 0) is 44.2 Å². The highest BCUT2D eigenvalue weighted by atomic mass is 127. The highest BCUT2D eigenvalue weighted by Gasteiger charge is 2.15. The molecular formula is C16H26IN3O3S. The molecule has 0 aliphatic rings. The summed E-state index contributed by atoms with van der Waals surface area (Å²) in [6, 6.07) is 5.49. The summed E-state index contributed by atoms with van der Waals surface area (Å²) in [5.74, 6) is 1.48. The first-order chi connectivity index (χ1) is 10.7. The van der Waals surface area contributed by atoms with Gasteiger partial charge in [-0.3, -0.25) is 0 Å². The van der Waals surface area contributed by atoms with Gasteiger partial charge in [0.25, 0.3) is 0 Å². The predicted octanol–water partition coefficient (Wildman–Crippen LogP) is 4.04. The van der Waals surface area contributed by atoms with E-state index in [2.05, 4.69) is 10.3 Å². The maximum Gasteiger partial charge on any atom is 0.407 e. The van der Waals surface area contributed by atoms with Crippen LogP contribution in [0.2, 0.25) is 0 Å². The minimum absolute atomic E-state index is 0. The molecule has 24 heavy (non-hydrogen) atoms. The summed E-state index contributed by atoms with van der Waals surface area (Å²) in [6.07, 6.45) is -0.459. The third-order valence-corrected chi connectivity index (χ3v) is 3.28. The van der Waals surface area contributed by atoms with Crippen LogP contribution in [0, 0.1) is 0 Å². The molecule has 6 nitrogen and oxygen atoms in total. The number of alkyl carbamates (subject to hydrolysis) is 1. The van der Waals surface area contributed by atoms with Crippen LogP contribution in [-0.4, -0.2) is 29.7 Å². The molecule has 0 aromatic heterocycles. The fourth-order valence-electron chi connectivity index (χ4n) is 1.72. The summed E-state index contributed by atoms with van der Waals surface area (Å²) in [5, 5.41) is 3.19. The van der Waals surface area contributed by atoms with Crippen molar-refractivity contribution in [2.45, 2.75) is 39.8 Å². The Hall–Kier alpha value is -1.16. The van der Waals surface area contributed by atoms with Crippen molar-refractivity contribution in [3.05, 3.63) is 23.8 Å². The molecule has 0 spiro atoms. The summed E-state index contributed by atoms with van der Waals surface area (Å²) >= 11 is 1.46. The van der Waals surface area contributed by atoms with E-state index in [4.69, 9.17) is 15.2 Å². The molecule has 136 valence electrons. The van der Waals surface area contributed by atoms with E-state index in [1.807, 2.05) is 39.8 Å². The molecule has 0 unspecified atom stereocenters. The Kier molecular flexibility index (Phi) is 10.1. The molecule has 0 heterocycles. The highest BCUT2D eigenvalue weighted by Crippen LogP contribution is 2.29. The molecule has 3 N–H and O–H groups in total. The molecule has 8 heteroatoms. The first-order valence-corrected chi connectivity index (χ1v) is 8.34. The summed E-state index contributed by atoms with van der Waals surface area (Å²) < 4.78 is 10.5. The third-order valence-electron chi connectivity index (χ3n) is 2.60. The molecule has 0 saturated heterocycles. The molecule has 0 aliphatic carbocycles. The Balaban J connectivity index is 0.00000529. The second-order valence-corrected chi connectivity index (χ2v) is 7.03. The number of nitrogens with zero attached hydrogens (tertiary/aromatic N) is 1. The van der Waals surface area contributed by atoms with Crippen molar-refractivity contribution in [2.24, 2.45) is 10.7 Å². The zero-order valence-electron chi connectivity index (χ0n) is 14.7. The van der Waals surface area contributed by atoms with Gasteiger partial charge in [-0.2, -0.15) is 0 Å². The number of halogens is 1. The second kappa shape index (κ2) is 10.7. The first kappa shape index (κ1) is 22.8. The SMILES string of the molecule is CCSC(N)=Nc1cc(CNC(=O)OC(C)(C)C)ccc1OC.I. The van der Waals surface area contributed by atoms with Gasteiger partial charge < -0.3 is 20.5 Å². The van der Waals surface area contributed by atoms with Crippen molar-refractivity contribution in [1.82, 2.24) is 5.32 Å². The van der Waals surface area contributed by atoms with Gasteiger partial charge in [-0.1, -0.05) is 24.8 Å². The molecule has 0 fully saturated rings. The van der Waals surface area contributed by atoms with E-state index in [-0.39, 0.29) is 24.0 Å². The number of nitrogens with two attached hydrogens (primary N) is 1. The molecule has 0 radical (unpaired) electrons. The van der Waals surface area contributed by atoms with Crippen LogP contribution in [-0.2, 0) is 11.3 Å². The van der Waals surface area contributed by atoms with Crippen molar-refractivity contribution in [3.8, 4) is 5.75 Å². The number of amidine groups is 1. The molecular weight excluding hydrogens is 441 g/mol.